The number of piperidine rings is 1. The van der Waals surface area contributed by atoms with Crippen LogP contribution in [0.4, 0.5) is 0 Å². The molecule has 118 valence electrons. The molecule has 5 heteroatoms. The Morgan fingerprint density at radius 3 is 2.55 bits per heavy atom. The summed E-state index contributed by atoms with van der Waals surface area (Å²) in [5.74, 6) is 0.197. The van der Waals surface area contributed by atoms with Crippen LogP contribution in [0.15, 0.2) is 0 Å². The van der Waals surface area contributed by atoms with Crippen molar-refractivity contribution >= 4 is 5.91 Å². The summed E-state index contributed by atoms with van der Waals surface area (Å²) in [5.41, 5.74) is 0. The van der Waals surface area contributed by atoms with E-state index in [2.05, 4.69) is 24.1 Å². The number of nitrogens with one attached hydrogen (secondary N) is 1. The summed E-state index contributed by atoms with van der Waals surface area (Å²) >= 11 is 0. The minimum absolute atomic E-state index is 0.197. The van der Waals surface area contributed by atoms with Gasteiger partial charge in [0, 0.05) is 39.8 Å². The van der Waals surface area contributed by atoms with E-state index in [1.54, 1.807) is 4.90 Å². The topological polar surface area (TPSA) is 44.8 Å². The summed E-state index contributed by atoms with van der Waals surface area (Å²) in [5, 5.41) is 3.59. The minimum Gasteiger partial charge on any atom is -0.379 e. The first-order valence-electron chi connectivity index (χ1n) is 7.76. The molecule has 0 unspecified atom stereocenters. The molecule has 0 aliphatic carbocycles. The summed E-state index contributed by atoms with van der Waals surface area (Å²) in [6.45, 7) is 8.58. The zero-order valence-electron chi connectivity index (χ0n) is 13.5. The highest BCUT2D eigenvalue weighted by molar-refractivity contribution is 5.77. The van der Waals surface area contributed by atoms with Gasteiger partial charge in [-0.15, -0.1) is 0 Å². The van der Waals surface area contributed by atoms with E-state index in [0.29, 0.717) is 18.7 Å². The van der Waals surface area contributed by atoms with Crippen LogP contribution in [-0.2, 0) is 9.53 Å². The van der Waals surface area contributed by atoms with Gasteiger partial charge in [0.1, 0.15) is 0 Å². The first kappa shape index (κ1) is 17.4. The lowest BCUT2D eigenvalue weighted by Gasteiger charge is -2.32. The number of likely N-dealkylation sites (tertiary alicyclic amines) is 1. The van der Waals surface area contributed by atoms with Crippen LogP contribution < -0.4 is 5.32 Å². The fourth-order valence-electron chi connectivity index (χ4n) is 2.33. The van der Waals surface area contributed by atoms with Gasteiger partial charge in [-0.2, -0.15) is 0 Å². The van der Waals surface area contributed by atoms with Crippen molar-refractivity contribution in [3.63, 3.8) is 0 Å². The molecule has 1 aliphatic rings. The first-order valence-corrected chi connectivity index (χ1v) is 7.76. The van der Waals surface area contributed by atoms with Gasteiger partial charge in [-0.1, -0.05) is 0 Å². The number of hydrogen-bond acceptors (Lipinski definition) is 4. The van der Waals surface area contributed by atoms with Gasteiger partial charge in [0.25, 0.3) is 0 Å². The molecule has 1 amide bonds. The molecule has 5 nitrogen and oxygen atoms in total. The normalized spacial score (nSPS) is 17.6. The quantitative estimate of drug-likeness (QED) is 0.674. The van der Waals surface area contributed by atoms with E-state index in [0.717, 1.165) is 45.5 Å². The third kappa shape index (κ3) is 7.22. The van der Waals surface area contributed by atoms with Crippen LogP contribution in [0.5, 0.6) is 0 Å². The lowest BCUT2D eigenvalue weighted by Crippen LogP contribution is -2.46. The smallest absolute Gasteiger partial charge is 0.236 e. The lowest BCUT2D eigenvalue weighted by molar-refractivity contribution is -0.130. The molecule has 1 N–H and O–H groups in total. The van der Waals surface area contributed by atoms with Crippen LogP contribution in [0, 0.1) is 0 Å². The summed E-state index contributed by atoms with van der Waals surface area (Å²) < 4.78 is 5.52. The first-order chi connectivity index (χ1) is 9.49. The molecule has 0 spiro atoms. The van der Waals surface area contributed by atoms with Gasteiger partial charge in [-0.05, 0) is 39.7 Å². The molecule has 0 aromatic heterocycles. The molecular weight excluding hydrogens is 254 g/mol. The molecule has 0 aromatic rings. The summed E-state index contributed by atoms with van der Waals surface area (Å²) in [7, 11) is 3.63. The lowest BCUT2D eigenvalue weighted by atomic mass is 10.0. The van der Waals surface area contributed by atoms with Crippen LogP contribution in [0.25, 0.3) is 0 Å². The van der Waals surface area contributed by atoms with E-state index >= 15 is 0 Å². The van der Waals surface area contributed by atoms with Crippen molar-refractivity contribution < 1.29 is 9.53 Å². The summed E-state index contributed by atoms with van der Waals surface area (Å²) in [4.78, 5) is 15.6. The van der Waals surface area contributed by atoms with E-state index in [1.165, 1.54) is 0 Å². The highest BCUT2D eigenvalue weighted by atomic mass is 16.5. The monoisotopic (exact) mass is 285 g/mol. The highest BCUT2D eigenvalue weighted by Gasteiger charge is 2.20. The Balaban J connectivity index is 2.06. The zero-order chi connectivity index (χ0) is 15.0. The molecule has 0 bridgehead atoms. The second kappa shape index (κ2) is 9.32. The molecule has 1 aliphatic heterocycles. The maximum Gasteiger partial charge on any atom is 0.236 e. The molecule has 1 heterocycles. The third-order valence-corrected chi connectivity index (χ3v) is 3.65. The minimum atomic E-state index is 0.197. The van der Waals surface area contributed by atoms with E-state index in [-0.39, 0.29) is 5.91 Å². The summed E-state index contributed by atoms with van der Waals surface area (Å²) in [6.07, 6.45) is 3.65. The van der Waals surface area contributed by atoms with Gasteiger partial charge in [0.05, 0.1) is 12.6 Å². The van der Waals surface area contributed by atoms with Crippen LogP contribution in [0.2, 0.25) is 0 Å². The van der Waals surface area contributed by atoms with Crippen molar-refractivity contribution in [3.8, 4) is 0 Å². The fourth-order valence-corrected chi connectivity index (χ4v) is 2.33. The largest absolute Gasteiger partial charge is 0.379 e. The Hall–Kier alpha value is -0.650. The molecule has 0 aromatic carbocycles. The number of ether oxygens (including phenoxy) is 1. The van der Waals surface area contributed by atoms with Gasteiger partial charge in [0.2, 0.25) is 5.91 Å². The van der Waals surface area contributed by atoms with Crippen LogP contribution in [0.3, 0.4) is 0 Å². The average Bonchev–Trinajstić information content (AvgIpc) is 2.39. The van der Waals surface area contributed by atoms with Crippen LogP contribution in [0.1, 0.15) is 33.1 Å². The number of hydrogen-bond donors (Lipinski definition) is 1. The Bertz CT molecular complexity index is 274. The standard InChI is InChI=1S/C15H31N3O2/c1-13(2)20-11-5-8-16-14-6-9-18(10-7-14)12-15(19)17(3)4/h13-14,16H,5-12H2,1-4H3. The molecule has 0 radical (unpaired) electrons. The number of nitrogens with zero attached hydrogens (tertiary/aromatic N) is 2. The van der Waals surface area contributed by atoms with E-state index in [4.69, 9.17) is 4.74 Å². The Morgan fingerprint density at radius 1 is 1.35 bits per heavy atom. The second-order valence-electron chi connectivity index (χ2n) is 6.07. The van der Waals surface area contributed by atoms with Crippen LogP contribution in [-0.4, -0.2) is 74.7 Å². The Labute approximate surface area is 123 Å². The fraction of sp³-hybridized carbons (Fsp3) is 0.933. The van der Waals surface area contributed by atoms with Crippen molar-refractivity contribution in [2.24, 2.45) is 0 Å². The number of carbonyl (C=O) groups excluding carboxylic acids is 1. The number of carbonyl (C=O) groups is 1. The zero-order valence-corrected chi connectivity index (χ0v) is 13.5. The SMILES string of the molecule is CC(C)OCCCNC1CCN(CC(=O)N(C)C)CC1. The van der Waals surface area contributed by atoms with Gasteiger partial charge in [-0.3, -0.25) is 9.69 Å². The molecule has 1 fully saturated rings. The third-order valence-electron chi connectivity index (χ3n) is 3.65. The second-order valence-corrected chi connectivity index (χ2v) is 6.07. The van der Waals surface area contributed by atoms with E-state index in [1.807, 2.05) is 14.1 Å². The van der Waals surface area contributed by atoms with Crippen LogP contribution >= 0.6 is 0 Å². The highest BCUT2D eigenvalue weighted by Crippen LogP contribution is 2.10. The van der Waals surface area contributed by atoms with Gasteiger partial charge < -0.3 is 15.0 Å². The number of likely N-dealkylation sites (N-methyl/N-ethyl adjacent to an activating group) is 1. The van der Waals surface area contributed by atoms with E-state index in [9.17, 15) is 4.79 Å². The number of rotatable bonds is 8. The Morgan fingerprint density at radius 2 is 2.00 bits per heavy atom. The maximum atomic E-state index is 11.6. The average molecular weight is 285 g/mol. The molecule has 0 saturated carbocycles. The van der Waals surface area contributed by atoms with Crippen molar-refractivity contribution in [1.29, 1.82) is 0 Å². The van der Waals surface area contributed by atoms with Crippen molar-refractivity contribution in [2.45, 2.75) is 45.3 Å². The molecule has 20 heavy (non-hydrogen) atoms. The Kier molecular flexibility index (Phi) is 8.11. The predicted octanol–water partition coefficient (Wildman–Crippen LogP) is 0.944. The van der Waals surface area contributed by atoms with E-state index < -0.39 is 0 Å². The molecule has 0 atom stereocenters. The van der Waals surface area contributed by atoms with Crippen molar-refractivity contribution in [2.75, 3.05) is 46.9 Å². The molecule has 1 rings (SSSR count). The molecular formula is C15H31N3O2. The summed E-state index contributed by atoms with van der Waals surface area (Å²) in [6, 6.07) is 0.597. The predicted molar refractivity (Wildman–Crippen MR) is 81.9 cm³/mol. The number of amides is 1. The van der Waals surface area contributed by atoms with Gasteiger partial charge >= 0.3 is 0 Å². The van der Waals surface area contributed by atoms with Gasteiger partial charge in [-0.25, -0.2) is 0 Å². The maximum absolute atomic E-state index is 11.6. The van der Waals surface area contributed by atoms with Crippen molar-refractivity contribution in [3.05, 3.63) is 0 Å². The van der Waals surface area contributed by atoms with Crippen molar-refractivity contribution in [1.82, 2.24) is 15.1 Å². The van der Waals surface area contributed by atoms with Gasteiger partial charge in [0.15, 0.2) is 0 Å². The molecule has 1 saturated heterocycles.